The van der Waals surface area contributed by atoms with Crippen molar-refractivity contribution < 1.29 is 0 Å². The number of hydrogen-bond donors (Lipinski definition) is 2. The predicted molar refractivity (Wildman–Crippen MR) is 56.1 cm³/mol. The summed E-state index contributed by atoms with van der Waals surface area (Å²) in [5, 5.41) is 3.77. The predicted octanol–water partition coefficient (Wildman–Crippen LogP) is 0.172. The molecule has 64 valence electrons. The minimum Gasteiger partial charge on any atom is -0.404 e. The lowest BCUT2D eigenvalue weighted by molar-refractivity contribution is 1.24. The van der Waals surface area contributed by atoms with Crippen molar-refractivity contribution in [3.8, 4) is 0 Å². The Kier molecular flexibility index (Phi) is 1.77. The van der Waals surface area contributed by atoms with Crippen LogP contribution in [0.2, 0.25) is 0 Å². The van der Waals surface area contributed by atoms with Gasteiger partial charge in [0.2, 0.25) is 13.9 Å². The van der Waals surface area contributed by atoms with Gasteiger partial charge in [0.1, 0.15) is 0 Å². The van der Waals surface area contributed by atoms with Crippen molar-refractivity contribution in [2.24, 2.45) is 0 Å². The molecule has 1 aromatic heterocycles. The van der Waals surface area contributed by atoms with E-state index < -0.39 is 0 Å². The molecule has 1 heterocycles. The first-order valence-electron chi connectivity index (χ1n) is 4.00. The fraction of sp³-hybridized carbons (Fsp3) is 0. The van der Waals surface area contributed by atoms with Crippen LogP contribution < -0.4 is 11.0 Å². The van der Waals surface area contributed by atoms with Gasteiger partial charge < -0.3 is 11.0 Å². The minimum atomic E-state index is 0.609. The largest absolute Gasteiger partial charge is 0.404 e. The molecule has 0 saturated heterocycles. The van der Waals surface area contributed by atoms with Gasteiger partial charge >= 0.3 is 0 Å². The lowest BCUT2D eigenvalue weighted by Gasteiger charge is -2.02. The van der Waals surface area contributed by atoms with E-state index in [9.17, 15) is 0 Å². The third kappa shape index (κ3) is 1.28. The number of nitrogen functional groups attached to an aromatic ring is 1. The third-order valence-corrected chi connectivity index (χ3v) is 1.88. The number of anilines is 2. The van der Waals surface area contributed by atoms with Gasteiger partial charge in [-0.1, -0.05) is 6.07 Å². The standard InChI is InChI=1S/C8H9BN4/c9-13-8-11-4-5-6(10)2-1-3-7(5)12-8/h1-4H,9-10H2,(H,11,12,13). The lowest BCUT2D eigenvalue weighted by Crippen LogP contribution is -1.98. The number of hydrogen-bond acceptors (Lipinski definition) is 4. The summed E-state index contributed by atoms with van der Waals surface area (Å²) in [6.07, 6.45) is 1.73. The smallest absolute Gasteiger partial charge is 0.217 e. The molecule has 0 aliphatic rings. The number of nitrogens with one attached hydrogen (secondary N) is 1. The zero-order chi connectivity index (χ0) is 9.26. The zero-order valence-electron chi connectivity index (χ0n) is 7.28. The second kappa shape index (κ2) is 2.93. The summed E-state index contributed by atoms with van der Waals surface area (Å²) in [5.74, 6) is 0.609. The number of nitrogens with zero attached hydrogens (tertiary/aromatic N) is 2. The van der Waals surface area contributed by atoms with Gasteiger partial charge in [0.25, 0.3) is 0 Å². The van der Waals surface area contributed by atoms with Crippen LogP contribution in [-0.4, -0.2) is 17.9 Å². The van der Waals surface area contributed by atoms with E-state index in [1.54, 1.807) is 14.2 Å². The Morgan fingerprint density at radius 1 is 1.38 bits per heavy atom. The molecule has 0 aliphatic carbocycles. The van der Waals surface area contributed by atoms with Crippen LogP contribution in [0.15, 0.2) is 24.4 Å². The zero-order valence-corrected chi connectivity index (χ0v) is 7.28. The van der Waals surface area contributed by atoms with Crippen LogP contribution >= 0.6 is 0 Å². The lowest BCUT2D eigenvalue weighted by atomic mass is 10.2. The third-order valence-electron chi connectivity index (χ3n) is 1.88. The molecule has 5 heteroatoms. The van der Waals surface area contributed by atoms with Crippen LogP contribution in [0.3, 0.4) is 0 Å². The molecule has 4 nitrogen and oxygen atoms in total. The highest BCUT2D eigenvalue weighted by Gasteiger charge is 1.99. The molecule has 0 radical (unpaired) electrons. The van der Waals surface area contributed by atoms with Crippen molar-refractivity contribution in [3.05, 3.63) is 24.4 Å². The van der Waals surface area contributed by atoms with Gasteiger partial charge in [-0.25, -0.2) is 9.97 Å². The molecular weight excluding hydrogens is 163 g/mol. The summed E-state index contributed by atoms with van der Waals surface area (Å²) in [7, 11) is 1.79. The fourth-order valence-electron chi connectivity index (χ4n) is 1.20. The topological polar surface area (TPSA) is 63.8 Å². The summed E-state index contributed by atoms with van der Waals surface area (Å²) in [6.45, 7) is 0. The van der Waals surface area contributed by atoms with E-state index in [1.807, 2.05) is 18.2 Å². The molecule has 0 fully saturated rings. The van der Waals surface area contributed by atoms with Crippen LogP contribution in [0.5, 0.6) is 0 Å². The summed E-state index contributed by atoms with van der Waals surface area (Å²) < 4.78 is 0. The van der Waals surface area contributed by atoms with Crippen molar-refractivity contribution in [2.45, 2.75) is 0 Å². The highest BCUT2D eigenvalue weighted by molar-refractivity contribution is 6.15. The maximum atomic E-state index is 5.75. The van der Waals surface area contributed by atoms with Crippen molar-refractivity contribution in [3.63, 3.8) is 0 Å². The van der Waals surface area contributed by atoms with Gasteiger partial charge in [0.15, 0.2) is 0 Å². The van der Waals surface area contributed by atoms with Gasteiger partial charge in [0.05, 0.1) is 5.52 Å². The maximum Gasteiger partial charge on any atom is 0.217 e. The second-order valence-electron chi connectivity index (χ2n) is 2.72. The van der Waals surface area contributed by atoms with E-state index in [-0.39, 0.29) is 0 Å². The van der Waals surface area contributed by atoms with Crippen molar-refractivity contribution >= 4 is 30.5 Å². The Morgan fingerprint density at radius 3 is 3.00 bits per heavy atom. The Balaban J connectivity index is 2.72. The second-order valence-corrected chi connectivity index (χ2v) is 2.72. The Morgan fingerprint density at radius 2 is 2.23 bits per heavy atom. The molecule has 1 aromatic carbocycles. The van der Waals surface area contributed by atoms with Crippen molar-refractivity contribution in [2.75, 3.05) is 11.0 Å². The summed E-state index contributed by atoms with van der Waals surface area (Å²) in [4.78, 5) is 8.34. The van der Waals surface area contributed by atoms with Crippen LogP contribution in [0.1, 0.15) is 0 Å². The number of rotatable bonds is 1. The van der Waals surface area contributed by atoms with Gasteiger partial charge in [-0.15, -0.1) is 0 Å². The van der Waals surface area contributed by atoms with Crippen molar-refractivity contribution in [1.82, 2.24) is 9.97 Å². The van der Waals surface area contributed by atoms with Gasteiger partial charge in [-0.2, -0.15) is 0 Å². The monoisotopic (exact) mass is 172 g/mol. The summed E-state index contributed by atoms with van der Waals surface area (Å²) in [5.41, 5.74) is 7.32. The summed E-state index contributed by atoms with van der Waals surface area (Å²) >= 11 is 0. The van der Waals surface area contributed by atoms with Crippen LogP contribution in [-0.2, 0) is 0 Å². The molecule has 13 heavy (non-hydrogen) atoms. The van der Waals surface area contributed by atoms with E-state index in [4.69, 9.17) is 5.73 Å². The Labute approximate surface area is 76.6 Å². The molecule has 2 aromatic rings. The van der Waals surface area contributed by atoms with E-state index in [1.165, 1.54) is 0 Å². The molecule has 0 amide bonds. The average molecular weight is 172 g/mol. The van der Waals surface area contributed by atoms with Crippen LogP contribution in [0.4, 0.5) is 11.6 Å². The molecule has 0 aliphatic heterocycles. The number of aromatic nitrogens is 2. The first kappa shape index (κ1) is 7.85. The van der Waals surface area contributed by atoms with Crippen LogP contribution in [0, 0.1) is 0 Å². The van der Waals surface area contributed by atoms with Gasteiger partial charge in [-0.3, -0.25) is 0 Å². The maximum absolute atomic E-state index is 5.75. The molecule has 0 bridgehead atoms. The molecule has 0 atom stereocenters. The van der Waals surface area contributed by atoms with Gasteiger partial charge in [0, 0.05) is 17.3 Å². The van der Waals surface area contributed by atoms with Crippen LogP contribution in [0.25, 0.3) is 10.9 Å². The SMILES string of the molecule is BNc1ncc2c(N)cccc2n1. The van der Waals surface area contributed by atoms with E-state index in [0.717, 1.165) is 10.9 Å². The average Bonchev–Trinajstić information content (AvgIpc) is 2.18. The van der Waals surface area contributed by atoms with Crippen molar-refractivity contribution in [1.29, 1.82) is 0 Å². The number of fused-ring (bicyclic) bond motifs is 1. The fourth-order valence-corrected chi connectivity index (χ4v) is 1.20. The van der Waals surface area contributed by atoms with E-state index >= 15 is 0 Å². The molecule has 0 saturated carbocycles. The normalized spacial score (nSPS) is 10.2. The highest BCUT2D eigenvalue weighted by Crippen LogP contribution is 2.18. The molecule has 0 unspecified atom stereocenters. The number of nitrogens with two attached hydrogens (primary N) is 1. The minimum absolute atomic E-state index is 0.609. The number of benzene rings is 1. The quantitative estimate of drug-likeness (QED) is 0.475. The molecule has 3 N–H and O–H groups in total. The highest BCUT2D eigenvalue weighted by atomic mass is 15.0. The first-order valence-corrected chi connectivity index (χ1v) is 4.00. The Bertz CT molecular complexity index is 443. The van der Waals surface area contributed by atoms with E-state index in [2.05, 4.69) is 15.2 Å². The Hall–Kier alpha value is -1.78. The van der Waals surface area contributed by atoms with E-state index in [0.29, 0.717) is 11.6 Å². The molecule has 2 rings (SSSR count). The molecule has 0 spiro atoms. The molecular formula is C8H9BN4. The van der Waals surface area contributed by atoms with Gasteiger partial charge in [-0.05, 0) is 12.1 Å². The first-order chi connectivity index (χ1) is 6.31. The summed E-state index contributed by atoms with van der Waals surface area (Å²) in [6, 6.07) is 5.63.